The predicted molar refractivity (Wildman–Crippen MR) is 79.7 cm³/mol. The molecule has 4 heteroatoms. The smallest absolute Gasteiger partial charge is 0.0707 e. The second kappa shape index (κ2) is 5.53. The van der Waals surface area contributed by atoms with Crippen molar-refractivity contribution in [3.63, 3.8) is 0 Å². The largest absolute Gasteiger partial charge is 0.314 e. The Kier molecular flexibility index (Phi) is 3.80. The molecule has 18 heavy (non-hydrogen) atoms. The van der Waals surface area contributed by atoms with Crippen LogP contribution in [0.4, 0.5) is 0 Å². The third kappa shape index (κ3) is 2.38. The van der Waals surface area contributed by atoms with Crippen LogP contribution in [0.5, 0.6) is 0 Å². The molecule has 1 aliphatic rings. The van der Waals surface area contributed by atoms with Gasteiger partial charge in [-0.05, 0) is 46.3 Å². The maximum Gasteiger partial charge on any atom is 0.0707 e. The molecule has 1 N–H and O–H groups in total. The van der Waals surface area contributed by atoms with E-state index in [2.05, 4.69) is 45.4 Å². The minimum absolute atomic E-state index is 0.457. The van der Waals surface area contributed by atoms with E-state index in [1.807, 2.05) is 11.3 Å². The van der Waals surface area contributed by atoms with Crippen molar-refractivity contribution in [1.82, 2.24) is 10.2 Å². The zero-order valence-electron chi connectivity index (χ0n) is 10.6. The van der Waals surface area contributed by atoms with Crippen molar-refractivity contribution in [2.24, 2.45) is 0 Å². The summed E-state index contributed by atoms with van der Waals surface area (Å²) in [6.07, 6.45) is 0. The van der Waals surface area contributed by atoms with Crippen LogP contribution in [0.1, 0.15) is 22.0 Å². The first-order valence-electron chi connectivity index (χ1n) is 6.37. The third-order valence-corrected chi connectivity index (χ3v) is 5.30. The lowest BCUT2D eigenvalue weighted by Gasteiger charge is -2.34. The van der Waals surface area contributed by atoms with E-state index in [1.54, 1.807) is 11.3 Å². The lowest BCUT2D eigenvalue weighted by molar-refractivity contribution is 0.200. The van der Waals surface area contributed by atoms with E-state index in [9.17, 15) is 0 Å². The van der Waals surface area contributed by atoms with Crippen LogP contribution in [-0.4, -0.2) is 31.1 Å². The monoisotopic (exact) mass is 278 g/mol. The Labute approximate surface area is 116 Å². The van der Waals surface area contributed by atoms with Crippen molar-refractivity contribution in [2.75, 3.05) is 26.2 Å². The van der Waals surface area contributed by atoms with Crippen molar-refractivity contribution < 1.29 is 0 Å². The Bertz CT molecular complexity index is 484. The molecule has 0 aliphatic carbocycles. The summed E-state index contributed by atoms with van der Waals surface area (Å²) < 4.78 is 0. The van der Waals surface area contributed by atoms with Gasteiger partial charge in [-0.25, -0.2) is 0 Å². The molecule has 1 aliphatic heterocycles. The number of nitrogens with one attached hydrogen (secondary N) is 1. The van der Waals surface area contributed by atoms with E-state index < -0.39 is 0 Å². The van der Waals surface area contributed by atoms with E-state index in [0.717, 1.165) is 26.2 Å². The highest BCUT2D eigenvalue weighted by atomic mass is 32.1. The number of nitrogens with zero attached hydrogens (tertiary/aromatic N) is 1. The Morgan fingerprint density at radius 3 is 2.67 bits per heavy atom. The van der Waals surface area contributed by atoms with E-state index in [1.165, 1.54) is 16.0 Å². The van der Waals surface area contributed by atoms with E-state index in [0.29, 0.717) is 6.04 Å². The van der Waals surface area contributed by atoms with Gasteiger partial charge in [0.05, 0.1) is 6.04 Å². The molecule has 0 amide bonds. The van der Waals surface area contributed by atoms with Crippen molar-refractivity contribution in [3.8, 4) is 0 Å². The highest BCUT2D eigenvalue weighted by Gasteiger charge is 2.26. The molecule has 0 bridgehead atoms. The molecular formula is C14H18N2S2. The Balaban J connectivity index is 1.96. The van der Waals surface area contributed by atoms with Crippen molar-refractivity contribution in [1.29, 1.82) is 0 Å². The molecule has 96 valence electrons. The second-order valence-corrected chi connectivity index (χ2v) is 6.44. The fourth-order valence-electron chi connectivity index (χ4n) is 2.56. The summed E-state index contributed by atoms with van der Waals surface area (Å²) in [5, 5.41) is 10.1. The Morgan fingerprint density at radius 1 is 1.22 bits per heavy atom. The first-order valence-corrected chi connectivity index (χ1v) is 8.19. The molecule has 0 aromatic carbocycles. The molecule has 1 fully saturated rings. The van der Waals surface area contributed by atoms with E-state index in [-0.39, 0.29) is 0 Å². The molecule has 1 unspecified atom stereocenters. The van der Waals surface area contributed by atoms with Gasteiger partial charge in [0.1, 0.15) is 0 Å². The molecule has 3 heterocycles. The van der Waals surface area contributed by atoms with Gasteiger partial charge < -0.3 is 5.32 Å². The molecule has 0 saturated carbocycles. The van der Waals surface area contributed by atoms with Crippen molar-refractivity contribution >= 4 is 22.7 Å². The summed E-state index contributed by atoms with van der Waals surface area (Å²) in [6.45, 7) is 6.71. The van der Waals surface area contributed by atoms with Crippen molar-refractivity contribution in [3.05, 3.63) is 44.3 Å². The fourth-order valence-corrected chi connectivity index (χ4v) is 4.33. The molecule has 3 rings (SSSR count). The zero-order chi connectivity index (χ0) is 12.4. The van der Waals surface area contributed by atoms with Crippen LogP contribution < -0.4 is 5.32 Å². The van der Waals surface area contributed by atoms with Gasteiger partial charge in [-0.15, -0.1) is 11.3 Å². The zero-order valence-corrected chi connectivity index (χ0v) is 12.2. The lowest BCUT2D eigenvalue weighted by Crippen LogP contribution is -2.45. The highest BCUT2D eigenvalue weighted by Crippen LogP contribution is 2.35. The van der Waals surface area contributed by atoms with Gasteiger partial charge in [0.2, 0.25) is 0 Å². The van der Waals surface area contributed by atoms with Gasteiger partial charge in [0.25, 0.3) is 0 Å². The number of hydrogen-bond donors (Lipinski definition) is 1. The molecule has 1 saturated heterocycles. The van der Waals surface area contributed by atoms with Gasteiger partial charge >= 0.3 is 0 Å². The van der Waals surface area contributed by atoms with Crippen LogP contribution in [0.25, 0.3) is 0 Å². The van der Waals surface area contributed by atoms with Crippen LogP contribution in [0.2, 0.25) is 0 Å². The number of piperazine rings is 1. The van der Waals surface area contributed by atoms with Gasteiger partial charge in [-0.3, -0.25) is 4.90 Å². The summed E-state index contributed by atoms with van der Waals surface area (Å²) in [4.78, 5) is 4.12. The van der Waals surface area contributed by atoms with E-state index >= 15 is 0 Å². The molecule has 0 radical (unpaired) electrons. The van der Waals surface area contributed by atoms with Gasteiger partial charge in [-0.2, -0.15) is 11.3 Å². The van der Waals surface area contributed by atoms with Crippen LogP contribution >= 0.6 is 22.7 Å². The predicted octanol–water partition coefficient (Wildman–Crippen LogP) is 3.11. The van der Waals surface area contributed by atoms with Crippen LogP contribution in [0.15, 0.2) is 28.3 Å². The molecule has 2 aromatic rings. The Hall–Kier alpha value is -0.680. The normalized spacial score (nSPS) is 18.9. The summed E-state index contributed by atoms with van der Waals surface area (Å²) >= 11 is 3.69. The molecular weight excluding hydrogens is 260 g/mol. The summed E-state index contributed by atoms with van der Waals surface area (Å²) in [5.41, 5.74) is 2.88. The molecule has 2 nitrogen and oxygen atoms in total. The van der Waals surface area contributed by atoms with E-state index in [4.69, 9.17) is 0 Å². The standard InChI is InChI=1S/C14H18N2S2/c1-11-2-9-18-14(11)13(12-3-8-17-10-12)16-6-4-15-5-7-16/h2-3,8-10,13,15H,4-7H2,1H3. The average Bonchev–Trinajstić information content (AvgIpc) is 3.05. The maximum absolute atomic E-state index is 3.44. The van der Waals surface area contributed by atoms with Gasteiger partial charge in [0, 0.05) is 31.1 Å². The first-order chi connectivity index (χ1) is 8.86. The summed E-state index contributed by atoms with van der Waals surface area (Å²) in [7, 11) is 0. The number of aryl methyl sites for hydroxylation is 1. The summed E-state index contributed by atoms with van der Waals surface area (Å²) in [6, 6.07) is 4.97. The number of thiophene rings is 2. The molecule has 1 atom stereocenters. The Morgan fingerprint density at radius 2 is 2.06 bits per heavy atom. The van der Waals surface area contributed by atoms with Crippen LogP contribution in [0.3, 0.4) is 0 Å². The maximum atomic E-state index is 3.44. The fraction of sp³-hybridized carbons (Fsp3) is 0.429. The topological polar surface area (TPSA) is 15.3 Å². The third-order valence-electron chi connectivity index (χ3n) is 3.53. The van der Waals surface area contributed by atoms with Crippen molar-refractivity contribution in [2.45, 2.75) is 13.0 Å². The SMILES string of the molecule is Cc1ccsc1C(c1ccsc1)N1CCNCC1. The summed E-state index contributed by atoms with van der Waals surface area (Å²) in [5.74, 6) is 0. The van der Waals surface area contributed by atoms with Crippen LogP contribution in [0, 0.1) is 6.92 Å². The lowest BCUT2D eigenvalue weighted by atomic mass is 10.0. The average molecular weight is 278 g/mol. The minimum atomic E-state index is 0.457. The quantitative estimate of drug-likeness (QED) is 0.928. The molecule has 0 spiro atoms. The van der Waals surface area contributed by atoms with Crippen LogP contribution in [-0.2, 0) is 0 Å². The highest BCUT2D eigenvalue weighted by molar-refractivity contribution is 7.10. The number of rotatable bonds is 3. The minimum Gasteiger partial charge on any atom is -0.314 e. The first kappa shape index (κ1) is 12.4. The molecule has 2 aromatic heterocycles. The van der Waals surface area contributed by atoms with Gasteiger partial charge in [-0.1, -0.05) is 0 Å². The van der Waals surface area contributed by atoms with Gasteiger partial charge in [0.15, 0.2) is 0 Å². The second-order valence-electron chi connectivity index (χ2n) is 4.71. The number of hydrogen-bond acceptors (Lipinski definition) is 4.